The lowest BCUT2D eigenvalue weighted by Crippen LogP contribution is -2.29. The van der Waals surface area contributed by atoms with Gasteiger partial charge in [-0.2, -0.15) is 0 Å². The van der Waals surface area contributed by atoms with Crippen LogP contribution in [0, 0.1) is 10.8 Å². The predicted octanol–water partition coefficient (Wildman–Crippen LogP) is 5.31. The summed E-state index contributed by atoms with van der Waals surface area (Å²) in [7, 11) is 1.45. The molecule has 142 valence electrons. The van der Waals surface area contributed by atoms with Crippen LogP contribution in [0.15, 0.2) is 12.7 Å². The van der Waals surface area contributed by atoms with Crippen LogP contribution in [0.5, 0.6) is 0 Å². The summed E-state index contributed by atoms with van der Waals surface area (Å²) in [5.41, 5.74) is -0.568. The Kier molecular flexibility index (Phi) is 13.5. The van der Waals surface area contributed by atoms with Crippen LogP contribution >= 0.6 is 0 Å². The zero-order valence-electron chi connectivity index (χ0n) is 16.9. The third-order valence-electron chi connectivity index (χ3n) is 4.67. The smallest absolute Gasteiger partial charge is 0.312 e. The van der Waals surface area contributed by atoms with Crippen molar-refractivity contribution in [1.82, 2.24) is 0 Å². The standard InChI is InChI=1S/C11H20O2.C9H18O2/c1-5-8-11(4,7-3)10(12)13-9-6-2;1-5-7-9(3,6-2)8(10)11-4/h6H,2,5,7-9H2,1,3-4H3;5-7H2,1-4H3. The third kappa shape index (κ3) is 8.51. The normalized spacial score (nSPS) is 15.1. The molecular formula is C20H38O4. The average molecular weight is 343 g/mol. The number of hydrogen-bond acceptors (Lipinski definition) is 4. The highest BCUT2D eigenvalue weighted by Gasteiger charge is 2.32. The first-order chi connectivity index (χ1) is 11.2. The van der Waals surface area contributed by atoms with E-state index >= 15 is 0 Å². The quantitative estimate of drug-likeness (QED) is 0.399. The van der Waals surface area contributed by atoms with Gasteiger partial charge < -0.3 is 9.47 Å². The molecule has 0 aliphatic heterocycles. The van der Waals surface area contributed by atoms with E-state index in [0.29, 0.717) is 6.61 Å². The van der Waals surface area contributed by atoms with E-state index in [1.165, 1.54) is 7.11 Å². The van der Waals surface area contributed by atoms with Gasteiger partial charge in [0.2, 0.25) is 0 Å². The first-order valence-electron chi connectivity index (χ1n) is 9.07. The van der Waals surface area contributed by atoms with Crippen LogP contribution in [0.25, 0.3) is 0 Å². The van der Waals surface area contributed by atoms with Gasteiger partial charge in [-0.3, -0.25) is 9.59 Å². The fourth-order valence-electron chi connectivity index (χ4n) is 2.51. The number of ether oxygens (including phenoxy) is 2. The number of methoxy groups -OCH3 is 1. The highest BCUT2D eigenvalue weighted by molar-refractivity contribution is 5.76. The maximum atomic E-state index is 11.6. The molecule has 0 N–H and O–H groups in total. The molecule has 0 aromatic heterocycles. The van der Waals surface area contributed by atoms with Gasteiger partial charge in [0.25, 0.3) is 0 Å². The molecule has 2 unspecified atom stereocenters. The minimum Gasteiger partial charge on any atom is -0.469 e. The summed E-state index contributed by atoms with van der Waals surface area (Å²) in [6.45, 7) is 15.9. The van der Waals surface area contributed by atoms with E-state index in [0.717, 1.165) is 38.5 Å². The molecule has 0 saturated carbocycles. The van der Waals surface area contributed by atoms with Crippen LogP contribution in [-0.4, -0.2) is 25.7 Å². The van der Waals surface area contributed by atoms with Crippen molar-refractivity contribution < 1.29 is 19.1 Å². The number of hydrogen-bond donors (Lipinski definition) is 0. The molecule has 24 heavy (non-hydrogen) atoms. The first-order valence-corrected chi connectivity index (χ1v) is 9.07. The minimum absolute atomic E-state index is 0.0816. The molecule has 4 nitrogen and oxygen atoms in total. The minimum atomic E-state index is -0.308. The van der Waals surface area contributed by atoms with Crippen molar-refractivity contribution in [3.05, 3.63) is 12.7 Å². The SMILES string of the molecule is C=CCOC(=O)C(C)(CC)CCC.CCCC(C)(CC)C(=O)OC. The Labute approximate surface area is 149 Å². The fraction of sp³-hybridized carbons (Fsp3) is 0.800. The van der Waals surface area contributed by atoms with Gasteiger partial charge in [-0.05, 0) is 39.5 Å². The lowest BCUT2D eigenvalue weighted by molar-refractivity contribution is -0.154. The Morgan fingerprint density at radius 2 is 1.33 bits per heavy atom. The van der Waals surface area contributed by atoms with Gasteiger partial charge in [0.1, 0.15) is 6.61 Å². The van der Waals surface area contributed by atoms with Crippen LogP contribution in [0.3, 0.4) is 0 Å². The van der Waals surface area contributed by atoms with Gasteiger partial charge in [-0.15, -0.1) is 0 Å². The Balaban J connectivity index is 0. The summed E-state index contributed by atoms with van der Waals surface area (Å²) in [6, 6.07) is 0. The lowest BCUT2D eigenvalue weighted by atomic mass is 9.83. The Morgan fingerprint density at radius 3 is 1.62 bits per heavy atom. The fourth-order valence-corrected chi connectivity index (χ4v) is 2.51. The van der Waals surface area contributed by atoms with E-state index in [-0.39, 0.29) is 22.8 Å². The van der Waals surface area contributed by atoms with Crippen molar-refractivity contribution >= 4 is 11.9 Å². The first kappa shape index (κ1) is 24.9. The van der Waals surface area contributed by atoms with E-state index in [9.17, 15) is 9.59 Å². The zero-order chi connectivity index (χ0) is 19.2. The lowest BCUT2D eigenvalue weighted by Gasteiger charge is -2.24. The number of carbonyl (C=O) groups is 2. The maximum Gasteiger partial charge on any atom is 0.312 e. The summed E-state index contributed by atoms with van der Waals surface area (Å²) in [4.78, 5) is 22.8. The van der Waals surface area contributed by atoms with Crippen LogP contribution in [0.1, 0.15) is 80.1 Å². The van der Waals surface area contributed by atoms with E-state index in [4.69, 9.17) is 9.47 Å². The van der Waals surface area contributed by atoms with Crippen molar-refractivity contribution in [2.24, 2.45) is 10.8 Å². The summed E-state index contributed by atoms with van der Waals surface area (Å²) in [5, 5.41) is 0. The molecular weight excluding hydrogens is 304 g/mol. The highest BCUT2D eigenvalue weighted by Crippen LogP contribution is 2.29. The molecule has 0 bridgehead atoms. The number of esters is 2. The van der Waals surface area contributed by atoms with Crippen molar-refractivity contribution in [3.63, 3.8) is 0 Å². The number of carbonyl (C=O) groups excluding carboxylic acids is 2. The number of rotatable bonds is 10. The monoisotopic (exact) mass is 342 g/mol. The Hall–Kier alpha value is -1.32. The molecule has 0 radical (unpaired) electrons. The topological polar surface area (TPSA) is 52.6 Å². The Bertz CT molecular complexity index is 378. The maximum absolute atomic E-state index is 11.6. The molecule has 0 saturated heterocycles. The van der Waals surface area contributed by atoms with Crippen LogP contribution in [-0.2, 0) is 19.1 Å². The van der Waals surface area contributed by atoms with Gasteiger partial charge in [-0.1, -0.05) is 53.2 Å². The van der Waals surface area contributed by atoms with Crippen LogP contribution in [0.2, 0.25) is 0 Å². The predicted molar refractivity (Wildman–Crippen MR) is 99.8 cm³/mol. The second-order valence-electron chi connectivity index (χ2n) is 6.71. The van der Waals surface area contributed by atoms with E-state index in [2.05, 4.69) is 20.4 Å². The molecule has 0 rings (SSSR count). The third-order valence-corrected chi connectivity index (χ3v) is 4.67. The molecule has 0 aliphatic rings. The molecule has 0 aromatic rings. The molecule has 4 heteroatoms. The van der Waals surface area contributed by atoms with Crippen molar-refractivity contribution in [1.29, 1.82) is 0 Å². The summed E-state index contributed by atoms with van der Waals surface area (Å²) in [6.07, 6.45) is 7.12. The molecule has 0 aromatic carbocycles. The summed E-state index contributed by atoms with van der Waals surface area (Å²) >= 11 is 0. The van der Waals surface area contributed by atoms with Gasteiger partial charge in [0, 0.05) is 0 Å². The zero-order valence-corrected chi connectivity index (χ0v) is 16.9. The highest BCUT2D eigenvalue weighted by atomic mass is 16.5. The van der Waals surface area contributed by atoms with E-state index in [1.807, 2.05) is 27.7 Å². The molecule has 2 atom stereocenters. The van der Waals surface area contributed by atoms with Crippen molar-refractivity contribution in [2.75, 3.05) is 13.7 Å². The Morgan fingerprint density at radius 1 is 0.917 bits per heavy atom. The molecule has 0 fully saturated rings. The van der Waals surface area contributed by atoms with Gasteiger partial charge in [-0.25, -0.2) is 0 Å². The second kappa shape index (κ2) is 13.0. The second-order valence-corrected chi connectivity index (χ2v) is 6.71. The molecule has 0 aliphatic carbocycles. The van der Waals surface area contributed by atoms with Crippen molar-refractivity contribution in [2.45, 2.75) is 80.1 Å². The largest absolute Gasteiger partial charge is 0.469 e. The van der Waals surface area contributed by atoms with Crippen molar-refractivity contribution in [3.8, 4) is 0 Å². The van der Waals surface area contributed by atoms with Crippen LogP contribution < -0.4 is 0 Å². The van der Waals surface area contributed by atoms with Crippen LogP contribution in [0.4, 0.5) is 0 Å². The van der Waals surface area contributed by atoms with Gasteiger partial charge in [0.15, 0.2) is 0 Å². The summed E-state index contributed by atoms with van der Waals surface area (Å²) in [5.74, 6) is -0.182. The summed E-state index contributed by atoms with van der Waals surface area (Å²) < 4.78 is 9.76. The van der Waals surface area contributed by atoms with E-state index in [1.54, 1.807) is 6.08 Å². The van der Waals surface area contributed by atoms with Gasteiger partial charge in [0.05, 0.1) is 17.9 Å². The molecule has 0 spiro atoms. The van der Waals surface area contributed by atoms with Gasteiger partial charge >= 0.3 is 11.9 Å². The van der Waals surface area contributed by atoms with E-state index < -0.39 is 0 Å². The average Bonchev–Trinajstić information content (AvgIpc) is 2.59. The molecule has 0 heterocycles. The molecule has 0 amide bonds.